The largest absolute Gasteiger partial charge is 0.192 e. The number of hydrogen-bond donors (Lipinski definition) is 0. The molecule has 0 aliphatic heterocycles. The first-order valence-corrected chi connectivity index (χ1v) is 19.1. The summed E-state index contributed by atoms with van der Waals surface area (Å²) in [5.41, 5.74) is 18.0. The zero-order chi connectivity index (χ0) is 37.4. The molecular formula is C54H30N2. The van der Waals surface area contributed by atoms with Crippen molar-refractivity contribution in [3.8, 4) is 78.9 Å². The Morgan fingerprint density at radius 3 is 1.43 bits per heavy atom. The van der Waals surface area contributed by atoms with Crippen LogP contribution in [0, 0.1) is 36.5 Å². The summed E-state index contributed by atoms with van der Waals surface area (Å²) in [4.78, 5) is 0. The molecule has 256 valence electrons. The van der Waals surface area contributed by atoms with Crippen molar-refractivity contribution in [1.29, 1.82) is 10.5 Å². The van der Waals surface area contributed by atoms with E-state index in [-0.39, 0.29) is 0 Å². The fourth-order valence-corrected chi connectivity index (χ4v) is 10.1. The Morgan fingerprint density at radius 2 is 0.786 bits per heavy atom. The molecular weight excluding hydrogens is 677 g/mol. The van der Waals surface area contributed by atoms with E-state index in [1.54, 1.807) is 0 Å². The fraction of sp³-hybridized carbons (Fsp3) is 0.0370. The molecule has 0 N–H and O–H groups in total. The van der Waals surface area contributed by atoms with Crippen molar-refractivity contribution in [3.05, 3.63) is 168 Å². The van der Waals surface area contributed by atoms with Crippen LogP contribution in [0.15, 0.2) is 146 Å². The van der Waals surface area contributed by atoms with E-state index in [1.165, 1.54) is 93.0 Å². The lowest BCUT2D eigenvalue weighted by molar-refractivity contribution is 1.43. The minimum absolute atomic E-state index is 0.647. The Labute approximate surface area is 323 Å². The number of hydrogen-bond acceptors (Lipinski definition) is 2. The Hall–Kier alpha value is -7.52. The van der Waals surface area contributed by atoms with E-state index < -0.39 is 0 Å². The van der Waals surface area contributed by atoms with Gasteiger partial charge in [0.15, 0.2) is 0 Å². The van der Waals surface area contributed by atoms with Gasteiger partial charge in [0.2, 0.25) is 0 Å². The number of benzene rings is 10. The molecule has 2 nitrogen and oxygen atoms in total. The van der Waals surface area contributed by atoms with Gasteiger partial charge in [-0.1, -0.05) is 97.1 Å². The molecule has 10 aromatic rings. The van der Waals surface area contributed by atoms with Gasteiger partial charge in [0.25, 0.3) is 0 Å². The van der Waals surface area contributed by atoms with E-state index in [0.717, 1.165) is 38.8 Å². The number of aryl methyl sites for hydroxylation is 2. The summed E-state index contributed by atoms with van der Waals surface area (Å²) in [6, 6.07) is 57.7. The predicted octanol–water partition coefficient (Wildman–Crippen LogP) is 14.4. The van der Waals surface area contributed by atoms with Crippen molar-refractivity contribution in [1.82, 2.24) is 0 Å². The second-order valence-electron chi connectivity index (χ2n) is 15.5. The van der Waals surface area contributed by atoms with E-state index in [1.807, 2.05) is 12.1 Å². The summed E-state index contributed by atoms with van der Waals surface area (Å²) in [6.45, 7) is 4.30. The lowest BCUT2D eigenvalue weighted by Gasteiger charge is -2.20. The SMILES string of the molecule is Cc1ccc(C#N)cc1-c1cc2c3cc4c(c(-c5cc(C#N)ccc5C)c3ccc2c2cc3c(cc12)-c1cccc2cccc-3c12)-c1cccc2cccc-4c12. The summed E-state index contributed by atoms with van der Waals surface area (Å²) in [5.74, 6) is 0. The number of nitriles is 2. The predicted molar refractivity (Wildman–Crippen MR) is 233 cm³/mol. The van der Waals surface area contributed by atoms with Gasteiger partial charge in [-0.2, -0.15) is 10.5 Å². The van der Waals surface area contributed by atoms with Crippen LogP contribution < -0.4 is 0 Å². The minimum atomic E-state index is 0.647. The first-order valence-electron chi connectivity index (χ1n) is 19.1. The molecule has 0 aromatic heterocycles. The molecule has 0 fully saturated rings. The maximum absolute atomic E-state index is 10.1. The first-order chi connectivity index (χ1) is 27.5. The highest BCUT2D eigenvalue weighted by atomic mass is 14.3. The maximum atomic E-state index is 10.1. The van der Waals surface area contributed by atoms with Crippen LogP contribution in [0.1, 0.15) is 22.3 Å². The van der Waals surface area contributed by atoms with Gasteiger partial charge < -0.3 is 0 Å². The highest BCUT2D eigenvalue weighted by molar-refractivity contribution is 6.30. The molecule has 0 atom stereocenters. The molecule has 0 spiro atoms. The lowest BCUT2D eigenvalue weighted by Crippen LogP contribution is -1.94. The van der Waals surface area contributed by atoms with Crippen molar-refractivity contribution in [2.24, 2.45) is 0 Å². The minimum Gasteiger partial charge on any atom is -0.192 e. The van der Waals surface area contributed by atoms with Crippen LogP contribution in [-0.4, -0.2) is 0 Å². The van der Waals surface area contributed by atoms with Gasteiger partial charge in [0.1, 0.15) is 0 Å². The summed E-state index contributed by atoms with van der Waals surface area (Å²) >= 11 is 0. The van der Waals surface area contributed by atoms with E-state index >= 15 is 0 Å². The molecule has 0 bridgehead atoms. The van der Waals surface area contributed by atoms with Crippen LogP contribution in [0.5, 0.6) is 0 Å². The molecule has 56 heavy (non-hydrogen) atoms. The van der Waals surface area contributed by atoms with Crippen LogP contribution in [0.2, 0.25) is 0 Å². The third kappa shape index (κ3) is 3.98. The van der Waals surface area contributed by atoms with Gasteiger partial charge in [-0.05, 0) is 194 Å². The van der Waals surface area contributed by atoms with Crippen LogP contribution in [0.3, 0.4) is 0 Å². The number of rotatable bonds is 2. The molecule has 0 saturated carbocycles. The average molecular weight is 707 g/mol. The monoisotopic (exact) mass is 706 g/mol. The van der Waals surface area contributed by atoms with Crippen LogP contribution in [0.25, 0.3) is 121 Å². The molecule has 0 heterocycles. The zero-order valence-corrected chi connectivity index (χ0v) is 30.8. The Balaban J connectivity index is 1.28. The molecule has 12 rings (SSSR count). The third-order valence-corrected chi connectivity index (χ3v) is 12.6. The van der Waals surface area contributed by atoms with Gasteiger partial charge >= 0.3 is 0 Å². The topological polar surface area (TPSA) is 47.6 Å². The molecule has 0 amide bonds. The van der Waals surface area contributed by atoms with Crippen molar-refractivity contribution in [2.45, 2.75) is 13.8 Å². The first kappa shape index (κ1) is 30.9. The fourth-order valence-electron chi connectivity index (χ4n) is 10.1. The molecule has 0 saturated heterocycles. The van der Waals surface area contributed by atoms with Crippen LogP contribution in [-0.2, 0) is 0 Å². The van der Waals surface area contributed by atoms with Crippen LogP contribution in [0.4, 0.5) is 0 Å². The van der Waals surface area contributed by atoms with Gasteiger partial charge in [-0.3, -0.25) is 0 Å². The van der Waals surface area contributed by atoms with Gasteiger partial charge in [0, 0.05) is 0 Å². The van der Waals surface area contributed by atoms with E-state index in [2.05, 4.69) is 159 Å². The second-order valence-corrected chi connectivity index (χ2v) is 15.5. The summed E-state index contributed by atoms with van der Waals surface area (Å²) < 4.78 is 0. The van der Waals surface area contributed by atoms with Gasteiger partial charge in [-0.15, -0.1) is 0 Å². The molecule has 2 aliphatic carbocycles. The Morgan fingerprint density at radius 1 is 0.321 bits per heavy atom. The maximum Gasteiger partial charge on any atom is 0.0991 e. The van der Waals surface area contributed by atoms with E-state index in [4.69, 9.17) is 0 Å². The van der Waals surface area contributed by atoms with E-state index in [0.29, 0.717) is 11.1 Å². The standard InChI is InChI=1S/C54H30N2/c1-29-15-17-31(27-55)21-41(29)48-24-43-35(44-23-45-36-11-3-7-33-8-4-12-37(51(33)36)46(45)25-49(44)48)19-20-39-47(43)26-50-38-13-5-9-34-10-6-14-40(52(34)38)54(50)53(39)42-22-32(28-56)18-16-30(42)2/h3-26H,1-2H3. The zero-order valence-electron chi connectivity index (χ0n) is 30.8. The lowest BCUT2D eigenvalue weighted by atomic mass is 9.82. The second kappa shape index (κ2) is 11.0. The van der Waals surface area contributed by atoms with Crippen molar-refractivity contribution in [3.63, 3.8) is 0 Å². The summed E-state index contributed by atoms with van der Waals surface area (Å²) in [7, 11) is 0. The van der Waals surface area contributed by atoms with Crippen molar-refractivity contribution in [2.75, 3.05) is 0 Å². The van der Waals surface area contributed by atoms with Crippen molar-refractivity contribution >= 4 is 53.9 Å². The summed E-state index contributed by atoms with van der Waals surface area (Å²) in [5, 5.41) is 32.3. The molecule has 10 aromatic carbocycles. The van der Waals surface area contributed by atoms with Crippen molar-refractivity contribution < 1.29 is 0 Å². The highest BCUT2D eigenvalue weighted by Gasteiger charge is 2.29. The molecule has 0 radical (unpaired) electrons. The van der Waals surface area contributed by atoms with Gasteiger partial charge in [0.05, 0.1) is 23.3 Å². The quantitative estimate of drug-likeness (QED) is 0.168. The summed E-state index contributed by atoms with van der Waals surface area (Å²) in [6.07, 6.45) is 0. The normalized spacial score (nSPS) is 12.1. The van der Waals surface area contributed by atoms with Crippen LogP contribution >= 0.6 is 0 Å². The Bertz CT molecular complexity index is 3560. The molecule has 0 unspecified atom stereocenters. The number of nitrogens with zero attached hydrogens (tertiary/aromatic N) is 2. The smallest absolute Gasteiger partial charge is 0.0991 e. The Kier molecular flexibility index (Phi) is 6.08. The third-order valence-electron chi connectivity index (χ3n) is 12.6. The van der Waals surface area contributed by atoms with E-state index in [9.17, 15) is 10.5 Å². The number of fused-ring (bicyclic) bond motifs is 11. The molecule has 2 heteroatoms. The molecule has 2 aliphatic rings. The average Bonchev–Trinajstić information content (AvgIpc) is 3.73. The highest BCUT2D eigenvalue weighted by Crippen LogP contribution is 2.56. The van der Waals surface area contributed by atoms with Gasteiger partial charge in [-0.25, -0.2) is 0 Å².